The molecule has 2 N–H and O–H groups in total. The zero-order valence-electron chi connectivity index (χ0n) is 19.4. The summed E-state index contributed by atoms with van der Waals surface area (Å²) in [6.45, 7) is 1.60. The van der Waals surface area contributed by atoms with E-state index in [1.165, 1.54) is 6.33 Å². The van der Waals surface area contributed by atoms with Crippen molar-refractivity contribution in [2.75, 3.05) is 6.61 Å². The number of aliphatic hydroxyl groups excluding tert-OH is 2. The Hall–Kier alpha value is -2.93. The second-order valence-corrected chi connectivity index (χ2v) is 10.8. The van der Waals surface area contributed by atoms with E-state index in [-0.39, 0.29) is 6.61 Å². The molecule has 13 heteroatoms. The van der Waals surface area contributed by atoms with Gasteiger partial charge < -0.3 is 14.9 Å². The number of hydrogen-bond donors (Lipinski definition) is 2. The standard InChI is InChI=1S/C24H21Cl2N7O3S/c1-12-29-17-5-3-14(7-22(17)37-12)33-24(27-11-28-33)20-8-19(23(35)21(10-34)36-20)32-9-18(30-31-32)13-2-4-15(25)16(26)6-13/h2-7,9,11,19-21,23,34-35H,8,10H2,1H3/t19-,20-,21-,23-/m1/s1. The van der Waals surface area contributed by atoms with Crippen LogP contribution in [0.25, 0.3) is 27.2 Å². The molecule has 37 heavy (non-hydrogen) atoms. The van der Waals surface area contributed by atoms with E-state index in [2.05, 4.69) is 25.4 Å². The van der Waals surface area contributed by atoms with E-state index in [4.69, 9.17) is 27.9 Å². The largest absolute Gasteiger partial charge is 0.394 e. The number of rotatable bonds is 5. The highest BCUT2D eigenvalue weighted by Crippen LogP contribution is 2.38. The first-order chi connectivity index (χ1) is 17.9. The molecule has 0 spiro atoms. The number of fused-ring (bicyclic) bond motifs is 1. The lowest BCUT2D eigenvalue weighted by atomic mass is 9.95. The summed E-state index contributed by atoms with van der Waals surface area (Å²) >= 11 is 13.8. The van der Waals surface area contributed by atoms with Crippen molar-refractivity contribution in [3.63, 3.8) is 0 Å². The monoisotopic (exact) mass is 557 g/mol. The molecule has 5 aromatic rings. The number of aliphatic hydroxyl groups is 2. The number of nitrogens with zero attached hydrogens (tertiary/aromatic N) is 7. The Morgan fingerprint density at radius 3 is 2.84 bits per heavy atom. The van der Waals surface area contributed by atoms with Crippen LogP contribution in [0.3, 0.4) is 0 Å². The van der Waals surface area contributed by atoms with E-state index in [9.17, 15) is 10.2 Å². The predicted octanol–water partition coefficient (Wildman–Crippen LogP) is 4.18. The minimum absolute atomic E-state index is 0.336. The van der Waals surface area contributed by atoms with Crippen LogP contribution >= 0.6 is 34.5 Å². The van der Waals surface area contributed by atoms with Crippen LogP contribution in [-0.2, 0) is 4.74 Å². The topological polar surface area (TPSA) is 124 Å². The molecule has 0 aliphatic carbocycles. The lowest BCUT2D eigenvalue weighted by Crippen LogP contribution is -2.45. The highest BCUT2D eigenvalue weighted by atomic mass is 35.5. The van der Waals surface area contributed by atoms with Crippen LogP contribution in [-0.4, -0.2) is 63.8 Å². The first kappa shape index (κ1) is 24.4. The van der Waals surface area contributed by atoms with Crippen molar-refractivity contribution >= 4 is 44.8 Å². The summed E-state index contributed by atoms with van der Waals surface area (Å²) in [5.74, 6) is 0.556. The van der Waals surface area contributed by atoms with E-state index >= 15 is 0 Å². The molecule has 190 valence electrons. The molecule has 0 bridgehead atoms. The number of aromatic nitrogens is 7. The van der Waals surface area contributed by atoms with E-state index in [1.807, 2.05) is 25.1 Å². The zero-order chi connectivity index (χ0) is 25.7. The van der Waals surface area contributed by atoms with E-state index in [0.29, 0.717) is 28.0 Å². The number of ether oxygens (including phenoxy) is 1. The fourth-order valence-corrected chi connectivity index (χ4v) is 5.75. The van der Waals surface area contributed by atoms with Crippen LogP contribution in [0.15, 0.2) is 48.9 Å². The summed E-state index contributed by atoms with van der Waals surface area (Å²) in [7, 11) is 0. The summed E-state index contributed by atoms with van der Waals surface area (Å²) < 4.78 is 10.4. The third kappa shape index (κ3) is 4.52. The number of thiazole rings is 1. The van der Waals surface area contributed by atoms with Gasteiger partial charge in [-0.3, -0.25) is 0 Å². The van der Waals surface area contributed by atoms with Crippen LogP contribution in [0.5, 0.6) is 0 Å². The fraction of sp³-hybridized carbons (Fsp3) is 0.292. The minimum atomic E-state index is -1.02. The van der Waals surface area contributed by atoms with Gasteiger partial charge >= 0.3 is 0 Å². The first-order valence-electron chi connectivity index (χ1n) is 11.5. The molecule has 2 aromatic carbocycles. The summed E-state index contributed by atoms with van der Waals surface area (Å²) in [6.07, 6.45) is 1.10. The average Bonchev–Trinajstić information content (AvgIpc) is 3.64. The highest BCUT2D eigenvalue weighted by molar-refractivity contribution is 7.18. The summed E-state index contributed by atoms with van der Waals surface area (Å²) in [5.41, 5.74) is 3.06. The molecule has 1 saturated heterocycles. The third-order valence-electron chi connectivity index (χ3n) is 6.40. The Morgan fingerprint density at radius 1 is 1.16 bits per heavy atom. The van der Waals surface area contributed by atoms with Gasteiger partial charge in [-0.1, -0.05) is 34.5 Å². The third-order valence-corrected chi connectivity index (χ3v) is 8.07. The van der Waals surface area contributed by atoms with Crippen LogP contribution < -0.4 is 0 Å². The fourth-order valence-electron chi connectivity index (χ4n) is 4.59. The van der Waals surface area contributed by atoms with Gasteiger partial charge in [0.2, 0.25) is 0 Å². The van der Waals surface area contributed by atoms with Crippen LogP contribution in [0.4, 0.5) is 0 Å². The van der Waals surface area contributed by atoms with Crippen molar-refractivity contribution < 1.29 is 14.9 Å². The molecule has 3 aromatic heterocycles. The molecule has 6 rings (SSSR count). The van der Waals surface area contributed by atoms with Crippen LogP contribution in [0, 0.1) is 6.92 Å². The molecule has 0 saturated carbocycles. The minimum Gasteiger partial charge on any atom is -0.394 e. The molecule has 1 fully saturated rings. The summed E-state index contributed by atoms with van der Waals surface area (Å²) in [5, 5.41) is 35.8. The van der Waals surface area contributed by atoms with Gasteiger partial charge in [0.25, 0.3) is 0 Å². The smallest absolute Gasteiger partial charge is 0.161 e. The van der Waals surface area contributed by atoms with Gasteiger partial charge in [-0.25, -0.2) is 19.3 Å². The molecule has 1 aliphatic heterocycles. The highest BCUT2D eigenvalue weighted by Gasteiger charge is 2.41. The Bertz CT molecular complexity index is 1590. The summed E-state index contributed by atoms with van der Waals surface area (Å²) in [4.78, 5) is 8.99. The van der Waals surface area contributed by atoms with Crippen molar-refractivity contribution in [3.8, 4) is 16.9 Å². The molecule has 4 heterocycles. The second kappa shape index (κ2) is 9.75. The van der Waals surface area contributed by atoms with Crippen LogP contribution in [0.1, 0.15) is 29.4 Å². The Balaban J connectivity index is 1.32. The Morgan fingerprint density at radius 2 is 2.03 bits per heavy atom. The van der Waals surface area contributed by atoms with Gasteiger partial charge in [0.1, 0.15) is 30.3 Å². The predicted molar refractivity (Wildman–Crippen MR) is 139 cm³/mol. The maximum Gasteiger partial charge on any atom is 0.161 e. The van der Waals surface area contributed by atoms with Crippen molar-refractivity contribution in [1.29, 1.82) is 0 Å². The molecule has 0 radical (unpaired) electrons. The molecule has 1 aliphatic rings. The molecule has 0 unspecified atom stereocenters. The zero-order valence-corrected chi connectivity index (χ0v) is 21.8. The molecule has 0 amide bonds. The lowest BCUT2D eigenvalue weighted by molar-refractivity contribution is -0.161. The quantitative estimate of drug-likeness (QED) is 0.330. The normalized spacial score (nSPS) is 22.1. The number of benzene rings is 2. The average molecular weight is 558 g/mol. The van der Waals surface area contributed by atoms with Crippen molar-refractivity contribution in [3.05, 3.63) is 69.8 Å². The van der Waals surface area contributed by atoms with Crippen molar-refractivity contribution in [2.45, 2.75) is 37.7 Å². The lowest BCUT2D eigenvalue weighted by Gasteiger charge is -2.38. The van der Waals surface area contributed by atoms with Gasteiger partial charge in [-0.2, -0.15) is 5.10 Å². The maximum absolute atomic E-state index is 11.0. The van der Waals surface area contributed by atoms with E-state index < -0.39 is 24.4 Å². The van der Waals surface area contributed by atoms with Crippen LogP contribution in [0.2, 0.25) is 10.0 Å². The number of aryl methyl sites for hydroxylation is 1. The van der Waals surface area contributed by atoms with Gasteiger partial charge in [-0.05, 0) is 37.3 Å². The van der Waals surface area contributed by atoms with E-state index in [0.717, 1.165) is 26.5 Å². The molecule has 10 nitrogen and oxygen atoms in total. The summed E-state index contributed by atoms with van der Waals surface area (Å²) in [6, 6.07) is 10.6. The Kier molecular flexibility index (Phi) is 6.43. The first-order valence-corrected chi connectivity index (χ1v) is 13.1. The Labute approximate surface area is 225 Å². The van der Waals surface area contributed by atoms with E-state index in [1.54, 1.807) is 45.1 Å². The van der Waals surface area contributed by atoms with Crippen molar-refractivity contribution in [1.82, 2.24) is 34.7 Å². The SMILES string of the molecule is Cc1nc2ccc(-n3ncnc3[C@H]3C[C@@H](n4cc(-c5ccc(Cl)c(Cl)c5)nn4)[C@@H](O)[C@@H](CO)O3)cc2s1. The molecular weight excluding hydrogens is 537 g/mol. The number of hydrogen-bond acceptors (Lipinski definition) is 9. The van der Waals surface area contributed by atoms with Gasteiger partial charge in [0.15, 0.2) is 5.82 Å². The van der Waals surface area contributed by atoms with Crippen molar-refractivity contribution in [2.24, 2.45) is 0 Å². The van der Waals surface area contributed by atoms with Gasteiger partial charge in [-0.15, -0.1) is 16.4 Å². The maximum atomic E-state index is 11.0. The number of halogens is 2. The van der Waals surface area contributed by atoms with Gasteiger partial charge in [0, 0.05) is 12.0 Å². The van der Waals surface area contributed by atoms with Gasteiger partial charge in [0.05, 0.1) is 49.8 Å². The molecule has 4 atom stereocenters. The molecular formula is C24H21Cl2N7O3S. The second-order valence-electron chi connectivity index (χ2n) is 8.77.